The predicted octanol–water partition coefficient (Wildman–Crippen LogP) is 2.59. The van der Waals surface area contributed by atoms with E-state index in [9.17, 15) is 0 Å². The van der Waals surface area contributed by atoms with Crippen LogP contribution in [0.2, 0.25) is 0 Å². The molecule has 2 heterocycles. The molecule has 4 nitrogen and oxygen atoms in total. The second kappa shape index (κ2) is 6.16. The van der Waals surface area contributed by atoms with Crippen molar-refractivity contribution in [3.05, 3.63) is 35.9 Å². The van der Waals surface area contributed by atoms with Crippen molar-refractivity contribution in [3.63, 3.8) is 0 Å². The average Bonchev–Trinajstić information content (AvgIpc) is 3.16. The van der Waals surface area contributed by atoms with Crippen LogP contribution < -0.4 is 10.6 Å². The molecule has 0 amide bonds. The van der Waals surface area contributed by atoms with Crippen LogP contribution in [-0.2, 0) is 10.2 Å². The van der Waals surface area contributed by atoms with Crippen molar-refractivity contribution in [2.75, 3.05) is 13.6 Å². The zero-order valence-corrected chi connectivity index (χ0v) is 13.9. The molecule has 2 bridgehead atoms. The molecule has 1 saturated carbocycles. The minimum absolute atomic E-state index is 0.282. The molecule has 2 saturated heterocycles. The Kier molecular flexibility index (Phi) is 4.02. The Morgan fingerprint density at radius 3 is 2.65 bits per heavy atom. The minimum Gasteiger partial charge on any atom is -0.373 e. The van der Waals surface area contributed by atoms with Crippen molar-refractivity contribution in [1.82, 2.24) is 10.6 Å². The monoisotopic (exact) mass is 313 g/mol. The molecule has 124 valence electrons. The summed E-state index contributed by atoms with van der Waals surface area (Å²) in [4.78, 5) is 4.43. The van der Waals surface area contributed by atoms with E-state index in [1.807, 2.05) is 7.05 Å². The van der Waals surface area contributed by atoms with E-state index in [1.165, 1.54) is 37.7 Å². The van der Waals surface area contributed by atoms with Gasteiger partial charge in [0.05, 0.1) is 18.2 Å². The van der Waals surface area contributed by atoms with E-state index in [4.69, 9.17) is 4.74 Å². The van der Waals surface area contributed by atoms with E-state index >= 15 is 0 Å². The Morgan fingerprint density at radius 1 is 1.26 bits per heavy atom. The van der Waals surface area contributed by atoms with Crippen molar-refractivity contribution in [3.8, 4) is 0 Å². The molecule has 3 unspecified atom stereocenters. The summed E-state index contributed by atoms with van der Waals surface area (Å²) >= 11 is 0. The topological polar surface area (TPSA) is 45.7 Å². The molecule has 3 atom stereocenters. The molecule has 2 N–H and O–H groups in total. The van der Waals surface area contributed by atoms with Gasteiger partial charge in [-0.15, -0.1) is 0 Å². The first-order valence-electron chi connectivity index (χ1n) is 8.97. The first kappa shape index (κ1) is 15.0. The van der Waals surface area contributed by atoms with Crippen molar-refractivity contribution in [2.45, 2.75) is 62.2 Å². The minimum atomic E-state index is 0.282. The summed E-state index contributed by atoms with van der Waals surface area (Å²) in [5.74, 6) is 0.924. The van der Waals surface area contributed by atoms with Gasteiger partial charge < -0.3 is 15.4 Å². The van der Waals surface area contributed by atoms with Gasteiger partial charge in [-0.2, -0.15) is 0 Å². The second-order valence-electron chi connectivity index (χ2n) is 7.29. The van der Waals surface area contributed by atoms with Crippen LogP contribution in [0.4, 0.5) is 0 Å². The molecule has 3 fully saturated rings. The lowest BCUT2D eigenvalue weighted by atomic mass is 9.64. The molecular formula is C19H27N3O. The zero-order valence-electron chi connectivity index (χ0n) is 13.9. The smallest absolute Gasteiger partial charge is 0.191 e. The third-order valence-corrected chi connectivity index (χ3v) is 5.94. The van der Waals surface area contributed by atoms with Crippen LogP contribution >= 0.6 is 0 Å². The summed E-state index contributed by atoms with van der Waals surface area (Å²) < 4.78 is 5.93. The number of hydrogen-bond acceptors (Lipinski definition) is 2. The molecule has 0 spiro atoms. The number of benzene rings is 1. The quantitative estimate of drug-likeness (QED) is 0.663. The van der Waals surface area contributed by atoms with Crippen LogP contribution in [0.25, 0.3) is 0 Å². The maximum Gasteiger partial charge on any atom is 0.191 e. The number of fused-ring (bicyclic) bond motifs is 2. The van der Waals surface area contributed by atoms with Crippen molar-refractivity contribution >= 4 is 5.96 Å². The van der Waals surface area contributed by atoms with Gasteiger partial charge in [-0.1, -0.05) is 36.8 Å². The van der Waals surface area contributed by atoms with Gasteiger partial charge in [-0.25, -0.2) is 0 Å². The number of aliphatic imine (C=N–C) groups is 1. The molecule has 1 aliphatic carbocycles. The molecule has 2 aliphatic heterocycles. The molecule has 0 radical (unpaired) electrons. The SMILES string of the molecule is CN=C(NCC1(c2ccccc2)CCC1)NC1CC2CCC1O2. The molecule has 1 aromatic carbocycles. The number of hydrogen-bond donors (Lipinski definition) is 2. The maximum absolute atomic E-state index is 5.93. The summed E-state index contributed by atoms with van der Waals surface area (Å²) in [7, 11) is 1.86. The van der Waals surface area contributed by atoms with Crippen molar-refractivity contribution in [1.29, 1.82) is 0 Å². The zero-order chi connectivity index (χ0) is 15.7. The van der Waals surface area contributed by atoms with Gasteiger partial charge in [0.25, 0.3) is 0 Å². The van der Waals surface area contributed by atoms with E-state index in [0.29, 0.717) is 18.2 Å². The number of nitrogens with one attached hydrogen (secondary N) is 2. The van der Waals surface area contributed by atoms with Crippen molar-refractivity contribution < 1.29 is 4.74 Å². The molecular weight excluding hydrogens is 286 g/mol. The van der Waals surface area contributed by atoms with E-state index < -0.39 is 0 Å². The highest BCUT2D eigenvalue weighted by molar-refractivity contribution is 5.80. The van der Waals surface area contributed by atoms with Crippen LogP contribution in [0.15, 0.2) is 35.3 Å². The van der Waals surface area contributed by atoms with Crippen LogP contribution in [0.3, 0.4) is 0 Å². The van der Waals surface area contributed by atoms with Crippen LogP contribution in [-0.4, -0.2) is 37.8 Å². The van der Waals surface area contributed by atoms with Gasteiger partial charge in [-0.3, -0.25) is 4.99 Å². The van der Waals surface area contributed by atoms with Crippen LogP contribution in [0.5, 0.6) is 0 Å². The molecule has 4 rings (SSSR count). The Bertz CT molecular complexity index is 567. The van der Waals surface area contributed by atoms with Gasteiger partial charge in [0.1, 0.15) is 0 Å². The second-order valence-corrected chi connectivity index (χ2v) is 7.29. The number of ether oxygens (including phenoxy) is 1. The van der Waals surface area contributed by atoms with E-state index in [1.54, 1.807) is 0 Å². The summed E-state index contributed by atoms with van der Waals surface area (Å²) in [6.45, 7) is 0.957. The summed E-state index contributed by atoms with van der Waals surface area (Å²) in [5.41, 5.74) is 1.74. The molecule has 3 aliphatic rings. The number of guanidine groups is 1. The molecule has 1 aromatic rings. The Balaban J connectivity index is 1.37. The van der Waals surface area contributed by atoms with Gasteiger partial charge in [0, 0.05) is 19.0 Å². The Labute approximate surface area is 138 Å². The first-order chi connectivity index (χ1) is 11.3. The summed E-state index contributed by atoms with van der Waals surface area (Å²) in [6, 6.07) is 11.3. The fraction of sp³-hybridized carbons (Fsp3) is 0.632. The summed E-state index contributed by atoms with van der Waals surface area (Å²) in [6.07, 6.45) is 8.23. The number of nitrogens with zero attached hydrogens (tertiary/aromatic N) is 1. The predicted molar refractivity (Wildman–Crippen MR) is 92.8 cm³/mol. The summed E-state index contributed by atoms with van der Waals surface area (Å²) in [5, 5.41) is 7.16. The van der Waals surface area contributed by atoms with Gasteiger partial charge in [-0.05, 0) is 37.7 Å². The van der Waals surface area contributed by atoms with Crippen LogP contribution in [0, 0.1) is 0 Å². The average molecular weight is 313 g/mol. The highest BCUT2D eigenvalue weighted by Crippen LogP contribution is 2.43. The van der Waals surface area contributed by atoms with Gasteiger partial charge in [0.2, 0.25) is 0 Å². The van der Waals surface area contributed by atoms with E-state index in [2.05, 4.69) is 46.0 Å². The van der Waals surface area contributed by atoms with E-state index in [0.717, 1.165) is 18.9 Å². The fourth-order valence-electron chi connectivity index (χ4n) is 4.38. The lowest BCUT2D eigenvalue weighted by Gasteiger charge is -2.43. The molecule has 0 aromatic heterocycles. The third-order valence-electron chi connectivity index (χ3n) is 5.94. The Morgan fingerprint density at radius 2 is 2.09 bits per heavy atom. The Hall–Kier alpha value is -1.55. The van der Waals surface area contributed by atoms with Gasteiger partial charge >= 0.3 is 0 Å². The lowest BCUT2D eigenvalue weighted by Crippen LogP contribution is -2.52. The normalized spacial score (nSPS) is 31.7. The molecule has 23 heavy (non-hydrogen) atoms. The van der Waals surface area contributed by atoms with Gasteiger partial charge in [0.15, 0.2) is 5.96 Å². The molecule has 4 heteroatoms. The van der Waals surface area contributed by atoms with Crippen molar-refractivity contribution in [2.24, 2.45) is 4.99 Å². The standard InChI is InChI=1S/C19H27N3O/c1-20-18(22-16-12-15-8-9-17(16)23-15)21-13-19(10-5-11-19)14-6-3-2-4-7-14/h2-4,6-7,15-17H,5,8-13H2,1H3,(H2,20,21,22). The lowest BCUT2D eigenvalue weighted by molar-refractivity contribution is 0.0992. The van der Waals surface area contributed by atoms with Crippen LogP contribution in [0.1, 0.15) is 44.1 Å². The largest absolute Gasteiger partial charge is 0.373 e. The van der Waals surface area contributed by atoms with E-state index in [-0.39, 0.29) is 5.41 Å². The maximum atomic E-state index is 5.93. The fourth-order valence-corrected chi connectivity index (χ4v) is 4.38. The first-order valence-corrected chi connectivity index (χ1v) is 8.97. The number of rotatable bonds is 4. The third kappa shape index (κ3) is 2.85. The highest BCUT2D eigenvalue weighted by Gasteiger charge is 2.42. The highest BCUT2D eigenvalue weighted by atomic mass is 16.5.